The summed E-state index contributed by atoms with van der Waals surface area (Å²) in [5, 5.41) is 13.3. The monoisotopic (exact) mass is 407 g/mol. The fourth-order valence-electron chi connectivity index (χ4n) is 4.02. The number of carbonyl (C=O) groups excluding carboxylic acids is 2. The third-order valence-corrected chi connectivity index (χ3v) is 5.69. The smallest absolute Gasteiger partial charge is 0.407 e. The minimum atomic E-state index is -0.833. The molecule has 2 amide bonds. The lowest BCUT2D eigenvalue weighted by Crippen LogP contribution is -2.64. The van der Waals surface area contributed by atoms with E-state index >= 15 is 0 Å². The number of hydrogen-bond acceptors (Lipinski definition) is 5. The highest BCUT2D eigenvalue weighted by atomic mass is 19.1. The van der Waals surface area contributed by atoms with Gasteiger partial charge >= 0.3 is 6.09 Å². The van der Waals surface area contributed by atoms with Gasteiger partial charge in [0.2, 0.25) is 5.91 Å². The molecule has 3 fully saturated rings. The third-order valence-electron chi connectivity index (χ3n) is 5.69. The van der Waals surface area contributed by atoms with Gasteiger partial charge in [-0.3, -0.25) is 9.59 Å². The summed E-state index contributed by atoms with van der Waals surface area (Å²) in [4.78, 5) is 35.3. The van der Waals surface area contributed by atoms with E-state index in [4.69, 9.17) is 14.6 Å². The molecule has 0 radical (unpaired) electrons. The molecule has 1 aromatic carbocycles. The Hall–Kier alpha value is -2.68. The molecule has 0 bridgehead atoms. The molecule has 29 heavy (non-hydrogen) atoms. The highest BCUT2D eigenvalue weighted by Crippen LogP contribution is 2.35. The van der Waals surface area contributed by atoms with Gasteiger partial charge in [0.05, 0.1) is 12.0 Å². The summed E-state index contributed by atoms with van der Waals surface area (Å²) < 4.78 is 19.4. The number of piperidine rings is 1. The number of likely N-dealkylation sites (tertiary alicyclic amines) is 1. The molecule has 0 saturated carbocycles. The first-order valence-corrected chi connectivity index (χ1v) is 9.65. The van der Waals surface area contributed by atoms with Gasteiger partial charge in [-0.15, -0.1) is 0 Å². The minimum Gasteiger partial charge on any atom is -0.481 e. The van der Waals surface area contributed by atoms with Crippen molar-refractivity contribution in [1.82, 2.24) is 15.5 Å². The van der Waals surface area contributed by atoms with Gasteiger partial charge in [0.25, 0.3) is 5.97 Å². The number of hydrogen-bond donors (Lipinski definition) is 3. The number of aliphatic carboxylic acids is 1. The zero-order valence-electron chi connectivity index (χ0n) is 16.4. The molecule has 3 N–H and O–H groups in total. The maximum atomic E-state index is 14.0. The molecular formula is C20H26FN3O5. The van der Waals surface area contributed by atoms with Crippen molar-refractivity contribution in [2.24, 2.45) is 5.41 Å². The highest BCUT2D eigenvalue weighted by molar-refractivity contribution is 5.85. The average Bonchev–Trinajstić information content (AvgIpc) is 2.99. The van der Waals surface area contributed by atoms with E-state index in [1.165, 1.54) is 6.07 Å². The van der Waals surface area contributed by atoms with Crippen molar-refractivity contribution in [1.29, 1.82) is 0 Å². The number of amides is 2. The molecular weight excluding hydrogens is 381 g/mol. The predicted octanol–water partition coefficient (Wildman–Crippen LogP) is 1.15. The molecule has 1 spiro atoms. The molecule has 3 aliphatic heterocycles. The van der Waals surface area contributed by atoms with Gasteiger partial charge < -0.3 is 25.4 Å². The van der Waals surface area contributed by atoms with E-state index in [0.717, 1.165) is 6.92 Å². The van der Waals surface area contributed by atoms with Crippen LogP contribution in [-0.4, -0.2) is 66.3 Å². The molecule has 3 aliphatic rings. The van der Waals surface area contributed by atoms with Gasteiger partial charge in [0.15, 0.2) is 0 Å². The van der Waals surface area contributed by atoms with Crippen molar-refractivity contribution in [2.75, 3.05) is 32.7 Å². The summed E-state index contributed by atoms with van der Waals surface area (Å²) in [5.74, 6) is -1.02. The number of benzene rings is 1. The first-order chi connectivity index (χ1) is 13.8. The maximum Gasteiger partial charge on any atom is 0.407 e. The zero-order chi connectivity index (χ0) is 21.1. The van der Waals surface area contributed by atoms with E-state index in [1.54, 1.807) is 18.2 Å². The molecule has 0 aromatic heterocycles. The van der Waals surface area contributed by atoms with Crippen molar-refractivity contribution in [3.63, 3.8) is 0 Å². The largest absolute Gasteiger partial charge is 0.481 e. The number of nitrogens with zero attached hydrogens (tertiary/aromatic N) is 1. The molecule has 4 rings (SSSR count). The van der Waals surface area contributed by atoms with Crippen LogP contribution in [0.4, 0.5) is 9.18 Å². The Morgan fingerprint density at radius 1 is 1.21 bits per heavy atom. The first-order valence-electron chi connectivity index (χ1n) is 9.65. The standard InChI is InChI=1S/C18H22FN3O3.C2H4O2/c19-14-4-2-1-3-13(14)9-17(10-20-11-17)15(23)22-7-5-18(6-8-22)12-21-16(24)25-18;1-2(3)4/h1-4,20H,5-12H2,(H,21,24);1H3,(H,3,4). The summed E-state index contributed by atoms with van der Waals surface area (Å²) in [6.45, 7) is 3.85. The van der Waals surface area contributed by atoms with Crippen LogP contribution in [0.5, 0.6) is 0 Å². The summed E-state index contributed by atoms with van der Waals surface area (Å²) in [6.07, 6.45) is 1.31. The summed E-state index contributed by atoms with van der Waals surface area (Å²) in [6, 6.07) is 6.64. The molecule has 3 saturated heterocycles. The van der Waals surface area contributed by atoms with Crippen LogP contribution in [0.3, 0.4) is 0 Å². The lowest BCUT2D eigenvalue weighted by Gasteiger charge is -2.46. The van der Waals surface area contributed by atoms with Gasteiger partial charge in [-0.25, -0.2) is 9.18 Å². The quantitative estimate of drug-likeness (QED) is 0.694. The van der Waals surface area contributed by atoms with Crippen LogP contribution in [0.1, 0.15) is 25.3 Å². The number of carboxylic acids is 1. The third kappa shape index (κ3) is 4.67. The number of halogens is 1. The molecule has 0 unspecified atom stereocenters. The van der Waals surface area contributed by atoms with E-state index in [1.807, 2.05) is 4.90 Å². The van der Waals surface area contributed by atoms with Crippen LogP contribution < -0.4 is 10.6 Å². The lowest BCUT2D eigenvalue weighted by molar-refractivity contribution is -0.148. The van der Waals surface area contributed by atoms with Crippen molar-refractivity contribution in [2.45, 2.75) is 31.8 Å². The maximum absolute atomic E-state index is 14.0. The lowest BCUT2D eigenvalue weighted by atomic mass is 9.74. The van der Waals surface area contributed by atoms with Gasteiger partial charge in [-0.05, 0) is 18.1 Å². The van der Waals surface area contributed by atoms with Gasteiger partial charge in [-0.1, -0.05) is 18.2 Å². The van der Waals surface area contributed by atoms with Crippen molar-refractivity contribution in [3.8, 4) is 0 Å². The molecule has 0 aliphatic carbocycles. The van der Waals surface area contributed by atoms with Gasteiger partial charge in [-0.2, -0.15) is 0 Å². The van der Waals surface area contributed by atoms with E-state index in [9.17, 15) is 14.0 Å². The highest BCUT2D eigenvalue weighted by Gasteiger charge is 2.50. The number of alkyl carbamates (subject to hydrolysis) is 1. The van der Waals surface area contributed by atoms with Crippen LogP contribution in [0.15, 0.2) is 24.3 Å². The van der Waals surface area contributed by atoms with Crippen LogP contribution in [0, 0.1) is 11.2 Å². The molecule has 3 heterocycles. The first kappa shape index (κ1) is 21.0. The number of carbonyl (C=O) groups is 3. The minimum absolute atomic E-state index is 0.0710. The van der Waals surface area contributed by atoms with Crippen LogP contribution in [0.25, 0.3) is 0 Å². The summed E-state index contributed by atoms with van der Waals surface area (Å²) >= 11 is 0. The number of ether oxygens (including phenoxy) is 1. The van der Waals surface area contributed by atoms with E-state index < -0.39 is 17.0 Å². The van der Waals surface area contributed by atoms with Gasteiger partial charge in [0.1, 0.15) is 11.4 Å². The molecule has 158 valence electrons. The average molecular weight is 407 g/mol. The predicted molar refractivity (Wildman–Crippen MR) is 102 cm³/mol. The summed E-state index contributed by atoms with van der Waals surface area (Å²) in [7, 11) is 0. The Morgan fingerprint density at radius 3 is 2.31 bits per heavy atom. The second-order valence-corrected chi connectivity index (χ2v) is 7.89. The normalized spacial score (nSPS) is 21.3. The number of nitrogens with one attached hydrogen (secondary N) is 2. The SMILES string of the molecule is CC(=O)O.O=C1NCC2(CCN(C(=O)C3(Cc4ccccc4F)CNC3)CC2)O1. The van der Waals surface area contributed by atoms with Crippen LogP contribution in [0.2, 0.25) is 0 Å². The topological polar surface area (TPSA) is 108 Å². The van der Waals surface area contributed by atoms with Crippen molar-refractivity contribution in [3.05, 3.63) is 35.6 Å². The van der Waals surface area contributed by atoms with Crippen LogP contribution >= 0.6 is 0 Å². The molecule has 9 heteroatoms. The Bertz CT molecular complexity index is 784. The Kier molecular flexibility index (Phi) is 6.07. The van der Waals surface area contributed by atoms with Gasteiger partial charge in [0, 0.05) is 45.9 Å². The Labute approximate surface area is 168 Å². The number of rotatable bonds is 3. The Balaban J connectivity index is 0.000000552. The van der Waals surface area contributed by atoms with Crippen molar-refractivity contribution < 1.29 is 28.6 Å². The van der Waals surface area contributed by atoms with E-state index in [2.05, 4.69) is 10.6 Å². The molecule has 0 atom stereocenters. The fourth-order valence-corrected chi connectivity index (χ4v) is 4.02. The van der Waals surface area contributed by atoms with Crippen molar-refractivity contribution >= 4 is 18.0 Å². The van der Waals surface area contributed by atoms with E-state index in [0.29, 0.717) is 57.5 Å². The molecule has 1 aromatic rings. The van der Waals surface area contributed by atoms with E-state index in [-0.39, 0.29) is 17.8 Å². The second-order valence-electron chi connectivity index (χ2n) is 7.89. The second kappa shape index (κ2) is 8.36. The molecule has 8 nitrogen and oxygen atoms in total. The summed E-state index contributed by atoms with van der Waals surface area (Å²) in [5.41, 5.74) is -0.457. The van der Waals surface area contributed by atoms with Crippen LogP contribution in [-0.2, 0) is 20.7 Å². The zero-order valence-corrected chi connectivity index (χ0v) is 16.4. The Morgan fingerprint density at radius 2 is 1.83 bits per heavy atom. The number of carboxylic acid groups (broad SMARTS) is 1. The fraction of sp³-hybridized carbons (Fsp3) is 0.550.